The molecular formula is C13H18F2N2. The van der Waals surface area contributed by atoms with Crippen LogP contribution < -0.4 is 5.32 Å². The molecule has 1 N–H and O–H groups in total. The van der Waals surface area contributed by atoms with Crippen LogP contribution >= 0.6 is 0 Å². The second-order valence-corrected chi connectivity index (χ2v) is 4.80. The molecule has 1 heterocycles. The first-order valence-corrected chi connectivity index (χ1v) is 5.98. The lowest BCUT2D eigenvalue weighted by molar-refractivity contribution is 0.137. The van der Waals surface area contributed by atoms with E-state index < -0.39 is 11.6 Å². The van der Waals surface area contributed by atoms with Crippen LogP contribution in [-0.4, -0.2) is 30.1 Å². The van der Waals surface area contributed by atoms with Gasteiger partial charge >= 0.3 is 0 Å². The summed E-state index contributed by atoms with van der Waals surface area (Å²) in [5.41, 5.74) is 0.436. The zero-order valence-corrected chi connectivity index (χ0v) is 10.2. The fourth-order valence-corrected chi connectivity index (χ4v) is 2.21. The minimum atomic E-state index is -0.765. The molecule has 1 aromatic carbocycles. The SMILES string of the molecule is CC1CN(Cc2cccc(F)c2F)C(C)CN1. The number of nitrogens with zero attached hydrogens (tertiary/aromatic N) is 1. The lowest BCUT2D eigenvalue weighted by Crippen LogP contribution is -2.53. The predicted molar refractivity (Wildman–Crippen MR) is 63.7 cm³/mol. The standard InChI is InChI=1S/C13H18F2N2/c1-9-7-17(10(2)6-16-9)8-11-4-3-5-12(14)13(11)15/h3-5,9-10,16H,6-8H2,1-2H3. The number of benzene rings is 1. The molecule has 1 saturated heterocycles. The molecule has 94 valence electrons. The Hall–Kier alpha value is -1.00. The largest absolute Gasteiger partial charge is 0.311 e. The molecule has 0 bridgehead atoms. The van der Waals surface area contributed by atoms with Gasteiger partial charge in [-0.1, -0.05) is 12.1 Å². The number of rotatable bonds is 2. The van der Waals surface area contributed by atoms with Crippen LogP contribution in [0, 0.1) is 11.6 Å². The zero-order valence-electron chi connectivity index (χ0n) is 10.2. The summed E-state index contributed by atoms with van der Waals surface area (Å²) in [6.45, 7) is 6.41. The van der Waals surface area contributed by atoms with Gasteiger partial charge in [0.15, 0.2) is 11.6 Å². The van der Waals surface area contributed by atoms with E-state index in [0.29, 0.717) is 24.2 Å². The Balaban J connectivity index is 2.11. The predicted octanol–water partition coefficient (Wildman–Crippen LogP) is 2.15. The summed E-state index contributed by atoms with van der Waals surface area (Å²) in [5.74, 6) is -1.48. The molecule has 0 aromatic heterocycles. The Labute approximate surface area is 101 Å². The molecule has 2 nitrogen and oxygen atoms in total. The van der Waals surface area contributed by atoms with E-state index in [1.165, 1.54) is 0 Å². The van der Waals surface area contributed by atoms with E-state index in [2.05, 4.69) is 24.1 Å². The van der Waals surface area contributed by atoms with Crippen LogP contribution in [0.4, 0.5) is 8.78 Å². The maximum atomic E-state index is 13.6. The molecule has 0 amide bonds. The first-order valence-electron chi connectivity index (χ1n) is 5.98. The highest BCUT2D eigenvalue weighted by Crippen LogP contribution is 2.16. The fourth-order valence-electron chi connectivity index (χ4n) is 2.21. The fraction of sp³-hybridized carbons (Fsp3) is 0.538. The lowest BCUT2D eigenvalue weighted by Gasteiger charge is -2.37. The number of hydrogen-bond donors (Lipinski definition) is 1. The molecule has 1 aliphatic heterocycles. The molecule has 1 fully saturated rings. The minimum Gasteiger partial charge on any atom is -0.311 e. The smallest absolute Gasteiger partial charge is 0.163 e. The summed E-state index contributed by atoms with van der Waals surface area (Å²) < 4.78 is 26.7. The molecule has 0 saturated carbocycles. The van der Waals surface area contributed by atoms with Crippen molar-refractivity contribution in [3.63, 3.8) is 0 Å². The highest BCUT2D eigenvalue weighted by Gasteiger charge is 2.23. The van der Waals surface area contributed by atoms with Gasteiger partial charge in [0.05, 0.1) is 0 Å². The van der Waals surface area contributed by atoms with E-state index in [0.717, 1.165) is 19.2 Å². The van der Waals surface area contributed by atoms with Crippen molar-refractivity contribution in [1.29, 1.82) is 0 Å². The van der Waals surface area contributed by atoms with Crippen molar-refractivity contribution in [2.45, 2.75) is 32.5 Å². The summed E-state index contributed by atoms with van der Waals surface area (Å²) in [5, 5.41) is 3.36. The second-order valence-electron chi connectivity index (χ2n) is 4.80. The van der Waals surface area contributed by atoms with Crippen molar-refractivity contribution < 1.29 is 8.78 Å². The van der Waals surface area contributed by atoms with Gasteiger partial charge in [0.25, 0.3) is 0 Å². The van der Waals surface area contributed by atoms with E-state index in [-0.39, 0.29) is 0 Å². The molecule has 0 aliphatic carbocycles. The van der Waals surface area contributed by atoms with Gasteiger partial charge in [0.1, 0.15) is 0 Å². The monoisotopic (exact) mass is 240 g/mol. The molecule has 1 aliphatic rings. The Bertz CT molecular complexity index is 395. The Morgan fingerprint density at radius 3 is 2.88 bits per heavy atom. The average Bonchev–Trinajstić information content (AvgIpc) is 2.30. The number of halogens is 2. The van der Waals surface area contributed by atoms with E-state index in [4.69, 9.17) is 0 Å². The third kappa shape index (κ3) is 2.82. The van der Waals surface area contributed by atoms with Crippen LogP contribution in [0.25, 0.3) is 0 Å². The van der Waals surface area contributed by atoms with E-state index in [1.807, 2.05) is 0 Å². The Morgan fingerprint density at radius 2 is 2.12 bits per heavy atom. The molecule has 2 rings (SSSR count). The number of nitrogens with one attached hydrogen (secondary N) is 1. The third-order valence-corrected chi connectivity index (χ3v) is 3.30. The molecule has 0 spiro atoms. The quantitative estimate of drug-likeness (QED) is 0.852. The van der Waals surface area contributed by atoms with Crippen LogP contribution in [-0.2, 0) is 6.54 Å². The van der Waals surface area contributed by atoms with Gasteiger partial charge in [-0.2, -0.15) is 0 Å². The van der Waals surface area contributed by atoms with Crippen molar-refractivity contribution in [3.8, 4) is 0 Å². The Morgan fingerprint density at radius 1 is 1.35 bits per heavy atom. The van der Waals surface area contributed by atoms with Crippen molar-refractivity contribution >= 4 is 0 Å². The van der Waals surface area contributed by atoms with Crippen molar-refractivity contribution in [1.82, 2.24) is 10.2 Å². The number of hydrogen-bond acceptors (Lipinski definition) is 2. The van der Waals surface area contributed by atoms with E-state index in [1.54, 1.807) is 12.1 Å². The van der Waals surface area contributed by atoms with Crippen LogP contribution in [0.1, 0.15) is 19.4 Å². The van der Waals surface area contributed by atoms with Gasteiger partial charge < -0.3 is 5.32 Å². The first-order chi connectivity index (χ1) is 8.08. The molecule has 17 heavy (non-hydrogen) atoms. The van der Waals surface area contributed by atoms with Crippen molar-refractivity contribution in [2.24, 2.45) is 0 Å². The van der Waals surface area contributed by atoms with Gasteiger partial charge in [0.2, 0.25) is 0 Å². The third-order valence-electron chi connectivity index (χ3n) is 3.30. The summed E-state index contributed by atoms with van der Waals surface area (Å²) in [6.07, 6.45) is 0. The molecule has 0 radical (unpaired) electrons. The zero-order chi connectivity index (χ0) is 12.4. The van der Waals surface area contributed by atoms with Gasteiger partial charge in [-0.3, -0.25) is 4.90 Å². The van der Waals surface area contributed by atoms with Gasteiger partial charge in [0, 0.05) is 37.3 Å². The summed E-state index contributed by atoms with van der Waals surface area (Å²) in [7, 11) is 0. The molecule has 2 atom stereocenters. The summed E-state index contributed by atoms with van der Waals surface area (Å²) in [4.78, 5) is 2.18. The van der Waals surface area contributed by atoms with Crippen LogP contribution in [0.3, 0.4) is 0 Å². The minimum absolute atomic E-state index is 0.342. The normalized spacial score (nSPS) is 26.1. The van der Waals surface area contributed by atoms with E-state index in [9.17, 15) is 8.78 Å². The second kappa shape index (κ2) is 5.10. The maximum Gasteiger partial charge on any atom is 0.163 e. The lowest BCUT2D eigenvalue weighted by atomic mass is 10.1. The first kappa shape index (κ1) is 12.5. The molecule has 2 unspecified atom stereocenters. The van der Waals surface area contributed by atoms with Gasteiger partial charge in [-0.15, -0.1) is 0 Å². The average molecular weight is 240 g/mol. The molecule has 1 aromatic rings. The summed E-state index contributed by atoms with van der Waals surface area (Å²) in [6, 6.07) is 5.10. The molecule has 4 heteroatoms. The molecular weight excluding hydrogens is 222 g/mol. The van der Waals surface area contributed by atoms with Crippen molar-refractivity contribution in [3.05, 3.63) is 35.4 Å². The highest BCUT2D eigenvalue weighted by molar-refractivity contribution is 5.19. The van der Waals surface area contributed by atoms with Crippen LogP contribution in [0.15, 0.2) is 18.2 Å². The summed E-state index contributed by atoms with van der Waals surface area (Å²) >= 11 is 0. The highest BCUT2D eigenvalue weighted by atomic mass is 19.2. The van der Waals surface area contributed by atoms with Crippen LogP contribution in [0.2, 0.25) is 0 Å². The van der Waals surface area contributed by atoms with Gasteiger partial charge in [-0.25, -0.2) is 8.78 Å². The Kier molecular flexibility index (Phi) is 3.74. The van der Waals surface area contributed by atoms with Gasteiger partial charge in [-0.05, 0) is 19.9 Å². The maximum absolute atomic E-state index is 13.6. The van der Waals surface area contributed by atoms with E-state index >= 15 is 0 Å². The van der Waals surface area contributed by atoms with Crippen LogP contribution in [0.5, 0.6) is 0 Å². The van der Waals surface area contributed by atoms with Crippen molar-refractivity contribution in [2.75, 3.05) is 13.1 Å². The number of piperazine rings is 1. The topological polar surface area (TPSA) is 15.3 Å².